The Morgan fingerprint density at radius 1 is 1.10 bits per heavy atom. The molecule has 0 saturated heterocycles. The molecular formula is C22H19ClN4O2. The third-order valence-electron chi connectivity index (χ3n) is 4.69. The van der Waals surface area contributed by atoms with Crippen molar-refractivity contribution in [3.8, 4) is 11.1 Å². The monoisotopic (exact) mass is 406 g/mol. The van der Waals surface area contributed by atoms with Gasteiger partial charge in [-0.15, -0.1) is 0 Å². The predicted molar refractivity (Wildman–Crippen MR) is 115 cm³/mol. The van der Waals surface area contributed by atoms with Gasteiger partial charge in [-0.05, 0) is 30.7 Å². The van der Waals surface area contributed by atoms with Gasteiger partial charge in [-0.3, -0.25) is 14.2 Å². The molecule has 0 radical (unpaired) electrons. The first kappa shape index (κ1) is 19.0. The van der Waals surface area contributed by atoms with Crippen LogP contribution < -0.4 is 10.9 Å². The maximum absolute atomic E-state index is 13.0. The van der Waals surface area contributed by atoms with E-state index in [1.807, 2.05) is 43.5 Å². The van der Waals surface area contributed by atoms with Crippen LogP contribution in [-0.4, -0.2) is 20.0 Å². The molecule has 2 heterocycles. The van der Waals surface area contributed by atoms with Gasteiger partial charge in [-0.1, -0.05) is 48.0 Å². The van der Waals surface area contributed by atoms with Crippen molar-refractivity contribution in [1.82, 2.24) is 14.1 Å². The number of carbonyl (C=O) groups excluding carboxylic acids is 1. The molecule has 0 spiro atoms. The van der Waals surface area contributed by atoms with Crippen LogP contribution in [0.3, 0.4) is 0 Å². The summed E-state index contributed by atoms with van der Waals surface area (Å²) in [5.74, 6) is -0.255. The normalized spacial score (nSPS) is 11.0. The van der Waals surface area contributed by atoms with E-state index in [-0.39, 0.29) is 18.0 Å². The van der Waals surface area contributed by atoms with Crippen LogP contribution in [0.25, 0.3) is 22.2 Å². The molecule has 0 atom stereocenters. The van der Waals surface area contributed by atoms with Crippen molar-refractivity contribution >= 4 is 34.2 Å². The second kappa shape index (κ2) is 7.93. The van der Waals surface area contributed by atoms with Gasteiger partial charge < -0.3 is 9.88 Å². The lowest BCUT2D eigenvalue weighted by Gasteiger charge is -2.08. The highest BCUT2D eigenvalue weighted by Crippen LogP contribution is 2.27. The van der Waals surface area contributed by atoms with Crippen LogP contribution in [-0.2, 0) is 17.9 Å². The number of nitrogens with one attached hydrogen (secondary N) is 1. The number of carbonyl (C=O) groups is 1. The Morgan fingerprint density at radius 3 is 2.62 bits per heavy atom. The fraction of sp³-hybridized carbons (Fsp3) is 0.136. The zero-order valence-electron chi connectivity index (χ0n) is 15.8. The van der Waals surface area contributed by atoms with Crippen LogP contribution in [0.5, 0.6) is 0 Å². The van der Waals surface area contributed by atoms with E-state index in [0.29, 0.717) is 28.3 Å². The molecule has 2 aromatic carbocycles. The highest BCUT2D eigenvalue weighted by atomic mass is 35.5. The zero-order chi connectivity index (χ0) is 20.4. The average molecular weight is 407 g/mol. The minimum atomic E-state index is -0.255. The van der Waals surface area contributed by atoms with Gasteiger partial charge in [0.25, 0.3) is 5.56 Å². The van der Waals surface area contributed by atoms with E-state index in [1.54, 1.807) is 35.2 Å². The van der Waals surface area contributed by atoms with Gasteiger partial charge in [-0.2, -0.15) is 0 Å². The van der Waals surface area contributed by atoms with E-state index in [2.05, 4.69) is 10.3 Å². The summed E-state index contributed by atoms with van der Waals surface area (Å²) in [7, 11) is 0. The summed E-state index contributed by atoms with van der Waals surface area (Å²) in [5.41, 5.74) is 3.18. The van der Waals surface area contributed by atoms with Crippen LogP contribution in [0.2, 0.25) is 5.02 Å². The van der Waals surface area contributed by atoms with Crippen molar-refractivity contribution in [2.45, 2.75) is 20.0 Å². The number of anilines is 1. The summed E-state index contributed by atoms with van der Waals surface area (Å²) in [5, 5.41) is 3.36. The third-order valence-corrected chi connectivity index (χ3v) is 4.92. The number of fused-ring (bicyclic) bond motifs is 1. The smallest absolute Gasteiger partial charge is 0.277 e. The Labute approximate surface area is 172 Å². The largest absolute Gasteiger partial charge is 0.332 e. The topological polar surface area (TPSA) is 68.9 Å². The maximum Gasteiger partial charge on any atom is 0.277 e. The highest BCUT2D eigenvalue weighted by Gasteiger charge is 2.17. The fourth-order valence-corrected chi connectivity index (χ4v) is 3.51. The Balaban J connectivity index is 1.77. The minimum Gasteiger partial charge on any atom is -0.332 e. The second-order valence-electron chi connectivity index (χ2n) is 6.63. The van der Waals surface area contributed by atoms with Crippen LogP contribution in [0.15, 0.2) is 71.9 Å². The number of hydrogen-bond donors (Lipinski definition) is 1. The Kier molecular flexibility index (Phi) is 5.18. The molecule has 29 heavy (non-hydrogen) atoms. The molecule has 6 nitrogen and oxygen atoms in total. The number of aryl methyl sites for hydroxylation is 1. The third kappa shape index (κ3) is 3.79. The molecule has 0 saturated carbocycles. The van der Waals surface area contributed by atoms with E-state index in [4.69, 9.17) is 11.6 Å². The van der Waals surface area contributed by atoms with Crippen molar-refractivity contribution in [2.75, 3.05) is 5.32 Å². The van der Waals surface area contributed by atoms with Gasteiger partial charge in [0, 0.05) is 29.0 Å². The molecule has 146 valence electrons. The number of halogens is 1. The lowest BCUT2D eigenvalue weighted by molar-refractivity contribution is -0.116. The van der Waals surface area contributed by atoms with E-state index >= 15 is 0 Å². The van der Waals surface area contributed by atoms with Crippen molar-refractivity contribution in [2.24, 2.45) is 0 Å². The van der Waals surface area contributed by atoms with Crippen molar-refractivity contribution in [3.63, 3.8) is 0 Å². The predicted octanol–water partition coefficient (Wildman–Crippen LogP) is 4.18. The van der Waals surface area contributed by atoms with Gasteiger partial charge in [-0.25, -0.2) is 4.98 Å². The van der Waals surface area contributed by atoms with Crippen LogP contribution in [0.4, 0.5) is 5.69 Å². The molecule has 1 N–H and O–H groups in total. The van der Waals surface area contributed by atoms with Gasteiger partial charge in [0.2, 0.25) is 5.91 Å². The summed E-state index contributed by atoms with van der Waals surface area (Å²) in [4.78, 5) is 30.1. The van der Waals surface area contributed by atoms with Crippen LogP contribution >= 0.6 is 11.6 Å². The summed E-state index contributed by atoms with van der Waals surface area (Å²) >= 11 is 5.98. The molecule has 0 fully saturated rings. The lowest BCUT2D eigenvalue weighted by atomic mass is 10.1. The van der Waals surface area contributed by atoms with Gasteiger partial charge in [0.15, 0.2) is 0 Å². The van der Waals surface area contributed by atoms with E-state index < -0.39 is 0 Å². The van der Waals surface area contributed by atoms with Crippen LogP contribution in [0, 0.1) is 0 Å². The number of hydrogen-bond acceptors (Lipinski definition) is 3. The minimum absolute atomic E-state index is 0.0134. The number of amides is 1. The SMILES string of the molecule is CCn1cnc2c(-c3ccccc3)cn(CC(=O)Nc3cccc(Cl)c3)c2c1=O. The Bertz CT molecular complexity index is 1240. The molecular weight excluding hydrogens is 388 g/mol. The highest BCUT2D eigenvalue weighted by molar-refractivity contribution is 6.30. The molecule has 1 amide bonds. The standard InChI is InChI=1S/C22H19ClN4O2/c1-2-26-14-24-20-18(15-7-4-3-5-8-15)12-27(21(20)22(26)29)13-19(28)25-17-10-6-9-16(23)11-17/h3-12,14H,2,13H2,1H3,(H,25,28). The molecule has 0 unspecified atom stereocenters. The molecule has 0 aliphatic rings. The first-order valence-corrected chi connectivity index (χ1v) is 9.63. The van der Waals surface area contributed by atoms with Gasteiger partial charge >= 0.3 is 0 Å². The van der Waals surface area contributed by atoms with E-state index in [9.17, 15) is 9.59 Å². The molecule has 4 aromatic rings. The Hall–Kier alpha value is -3.38. The lowest BCUT2D eigenvalue weighted by Crippen LogP contribution is -2.24. The number of benzene rings is 2. The molecule has 4 rings (SSSR count). The fourth-order valence-electron chi connectivity index (χ4n) is 3.32. The first-order valence-electron chi connectivity index (χ1n) is 9.26. The van der Waals surface area contributed by atoms with Crippen molar-refractivity contribution in [1.29, 1.82) is 0 Å². The van der Waals surface area contributed by atoms with E-state index in [1.165, 1.54) is 4.57 Å². The molecule has 0 aliphatic heterocycles. The molecule has 2 aromatic heterocycles. The number of aromatic nitrogens is 3. The van der Waals surface area contributed by atoms with Crippen LogP contribution in [0.1, 0.15) is 6.92 Å². The van der Waals surface area contributed by atoms with Crippen molar-refractivity contribution in [3.05, 3.63) is 82.5 Å². The average Bonchev–Trinajstić information content (AvgIpc) is 3.08. The summed E-state index contributed by atoms with van der Waals surface area (Å²) in [6.07, 6.45) is 3.36. The second-order valence-corrected chi connectivity index (χ2v) is 7.06. The summed E-state index contributed by atoms with van der Waals surface area (Å²) in [6.45, 7) is 2.37. The zero-order valence-corrected chi connectivity index (χ0v) is 16.6. The molecule has 0 aliphatic carbocycles. The Morgan fingerprint density at radius 2 is 1.90 bits per heavy atom. The quantitative estimate of drug-likeness (QED) is 0.540. The molecule has 7 heteroatoms. The first-order chi connectivity index (χ1) is 14.1. The maximum atomic E-state index is 13.0. The van der Waals surface area contributed by atoms with Gasteiger partial charge in [0.05, 0.1) is 6.33 Å². The summed E-state index contributed by atoms with van der Waals surface area (Å²) in [6, 6.07) is 16.6. The summed E-state index contributed by atoms with van der Waals surface area (Å²) < 4.78 is 3.20. The van der Waals surface area contributed by atoms with Gasteiger partial charge in [0.1, 0.15) is 17.6 Å². The van der Waals surface area contributed by atoms with E-state index in [0.717, 1.165) is 11.1 Å². The number of nitrogens with zero attached hydrogens (tertiary/aromatic N) is 3. The van der Waals surface area contributed by atoms with Crippen molar-refractivity contribution < 1.29 is 4.79 Å². The number of rotatable bonds is 5. The molecule has 0 bridgehead atoms.